The molecule has 0 spiro atoms. The summed E-state index contributed by atoms with van der Waals surface area (Å²) in [7, 11) is 0. The van der Waals surface area contributed by atoms with Gasteiger partial charge in [-0.2, -0.15) is 0 Å². The molecule has 0 amide bonds. The molecule has 1 rings (SSSR count). The number of hydrogen-bond acceptors (Lipinski definition) is 3. The molecule has 20 heavy (non-hydrogen) atoms. The third kappa shape index (κ3) is 4.77. The van der Waals surface area contributed by atoms with Crippen LogP contribution >= 0.6 is 0 Å². The first-order chi connectivity index (χ1) is 9.57. The van der Waals surface area contributed by atoms with Crippen molar-refractivity contribution in [3.63, 3.8) is 0 Å². The Morgan fingerprint density at radius 1 is 1.25 bits per heavy atom. The molecule has 0 aromatic heterocycles. The number of halogens is 2. The van der Waals surface area contributed by atoms with Crippen LogP contribution in [0.15, 0.2) is 12.1 Å². The van der Waals surface area contributed by atoms with Gasteiger partial charge in [-0.25, -0.2) is 13.6 Å². The van der Waals surface area contributed by atoms with E-state index < -0.39 is 23.2 Å². The predicted molar refractivity (Wildman–Crippen MR) is 72.2 cm³/mol. The fraction of sp³-hybridized carbons (Fsp3) is 0.500. The Bertz CT molecular complexity index is 452. The summed E-state index contributed by atoms with van der Waals surface area (Å²) in [6.07, 6.45) is 2.73. The molecule has 0 heterocycles. The number of carboxylic acids is 1. The van der Waals surface area contributed by atoms with Gasteiger partial charge in [0.2, 0.25) is 0 Å². The summed E-state index contributed by atoms with van der Waals surface area (Å²) in [6, 6.07) is 2.26. The minimum atomic E-state index is -1.49. The molecule has 0 saturated carbocycles. The fourth-order valence-corrected chi connectivity index (χ4v) is 1.60. The molecular formula is C14H19F2NO3. The highest BCUT2D eigenvalue weighted by molar-refractivity contribution is 5.88. The van der Waals surface area contributed by atoms with Crippen molar-refractivity contribution in [2.45, 2.75) is 26.2 Å². The van der Waals surface area contributed by atoms with Crippen LogP contribution in [0.4, 0.5) is 14.5 Å². The number of aromatic carboxylic acids is 1. The summed E-state index contributed by atoms with van der Waals surface area (Å²) in [5, 5.41) is 11.4. The molecule has 1 aromatic carbocycles. The monoisotopic (exact) mass is 287 g/mol. The van der Waals surface area contributed by atoms with Crippen LogP contribution in [0.5, 0.6) is 0 Å². The number of rotatable bonds is 9. The molecule has 0 bridgehead atoms. The van der Waals surface area contributed by atoms with Gasteiger partial charge >= 0.3 is 5.97 Å². The topological polar surface area (TPSA) is 58.6 Å². The zero-order valence-electron chi connectivity index (χ0n) is 11.4. The summed E-state index contributed by atoms with van der Waals surface area (Å²) in [5.74, 6) is -4.00. The van der Waals surface area contributed by atoms with Gasteiger partial charge in [0.1, 0.15) is 0 Å². The number of nitrogens with one attached hydrogen (secondary N) is 1. The minimum absolute atomic E-state index is 0.0407. The number of ether oxygens (including phenoxy) is 1. The smallest absolute Gasteiger partial charge is 0.338 e. The Morgan fingerprint density at radius 3 is 2.60 bits per heavy atom. The molecule has 6 heteroatoms. The van der Waals surface area contributed by atoms with Crippen LogP contribution < -0.4 is 5.32 Å². The van der Waals surface area contributed by atoms with Gasteiger partial charge in [0.15, 0.2) is 11.6 Å². The van der Waals surface area contributed by atoms with Crippen molar-refractivity contribution in [2.75, 3.05) is 25.1 Å². The lowest BCUT2D eigenvalue weighted by molar-refractivity contribution is 0.0690. The summed E-state index contributed by atoms with van der Waals surface area (Å²) >= 11 is 0. The molecule has 112 valence electrons. The van der Waals surface area contributed by atoms with Gasteiger partial charge in [-0.3, -0.25) is 0 Å². The van der Waals surface area contributed by atoms with E-state index in [2.05, 4.69) is 12.2 Å². The second-order valence-electron chi connectivity index (χ2n) is 4.34. The minimum Gasteiger partial charge on any atom is -0.478 e. The van der Waals surface area contributed by atoms with Gasteiger partial charge in [-0.05, 0) is 25.0 Å². The molecule has 4 nitrogen and oxygen atoms in total. The third-order valence-electron chi connectivity index (χ3n) is 2.74. The quantitative estimate of drug-likeness (QED) is 0.684. The van der Waals surface area contributed by atoms with E-state index in [-0.39, 0.29) is 5.69 Å². The van der Waals surface area contributed by atoms with Crippen molar-refractivity contribution in [3.8, 4) is 0 Å². The Labute approximate surface area is 116 Å². The van der Waals surface area contributed by atoms with Gasteiger partial charge in [-0.1, -0.05) is 13.3 Å². The largest absolute Gasteiger partial charge is 0.478 e. The van der Waals surface area contributed by atoms with Gasteiger partial charge in [0, 0.05) is 19.8 Å². The van der Waals surface area contributed by atoms with Gasteiger partial charge in [-0.15, -0.1) is 0 Å². The van der Waals surface area contributed by atoms with Crippen molar-refractivity contribution >= 4 is 11.7 Å². The Morgan fingerprint density at radius 2 is 1.95 bits per heavy atom. The fourth-order valence-electron chi connectivity index (χ4n) is 1.60. The Balaban J connectivity index is 2.41. The molecule has 0 atom stereocenters. The van der Waals surface area contributed by atoms with Crippen LogP contribution in [0.1, 0.15) is 36.5 Å². The van der Waals surface area contributed by atoms with Crippen molar-refractivity contribution in [1.82, 2.24) is 0 Å². The van der Waals surface area contributed by atoms with E-state index in [0.29, 0.717) is 26.2 Å². The Kier molecular flexibility index (Phi) is 6.93. The molecule has 0 radical (unpaired) electrons. The van der Waals surface area contributed by atoms with E-state index in [4.69, 9.17) is 9.84 Å². The molecule has 1 aromatic rings. The second-order valence-corrected chi connectivity index (χ2v) is 4.34. The van der Waals surface area contributed by atoms with Crippen molar-refractivity contribution in [3.05, 3.63) is 29.3 Å². The highest BCUT2D eigenvalue weighted by Gasteiger charge is 2.17. The number of hydrogen-bond donors (Lipinski definition) is 2. The lowest BCUT2D eigenvalue weighted by atomic mass is 10.2. The average molecular weight is 287 g/mol. The number of benzene rings is 1. The molecule has 0 saturated heterocycles. The first kappa shape index (κ1) is 16.4. The summed E-state index contributed by atoms with van der Waals surface area (Å²) in [4.78, 5) is 10.6. The lowest BCUT2D eigenvalue weighted by Crippen LogP contribution is -2.10. The maximum atomic E-state index is 13.6. The molecule has 0 aliphatic heterocycles. The second kappa shape index (κ2) is 8.47. The lowest BCUT2D eigenvalue weighted by Gasteiger charge is -2.09. The zero-order valence-corrected chi connectivity index (χ0v) is 11.4. The van der Waals surface area contributed by atoms with Gasteiger partial charge in [0.25, 0.3) is 0 Å². The van der Waals surface area contributed by atoms with E-state index in [1.54, 1.807) is 0 Å². The van der Waals surface area contributed by atoms with E-state index in [1.165, 1.54) is 6.07 Å². The van der Waals surface area contributed by atoms with Crippen LogP contribution in [0.3, 0.4) is 0 Å². The normalized spacial score (nSPS) is 10.6. The summed E-state index contributed by atoms with van der Waals surface area (Å²) < 4.78 is 32.3. The molecule has 0 unspecified atom stereocenters. The highest BCUT2D eigenvalue weighted by Crippen LogP contribution is 2.20. The molecule has 2 N–H and O–H groups in total. The Hall–Kier alpha value is -1.69. The van der Waals surface area contributed by atoms with Gasteiger partial charge in [0.05, 0.1) is 11.3 Å². The van der Waals surface area contributed by atoms with Crippen molar-refractivity contribution in [2.24, 2.45) is 0 Å². The average Bonchev–Trinajstić information content (AvgIpc) is 2.42. The van der Waals surface area contributed by atoms with Crippen LogP contribution in [0, 0.1) is 11.6 Å². The van der Waals surface area contributed by atoms with E-state index >= 15 is 0 Å². The van der Waals surface area contributed by atoms with Crippen LogP contribution in [0.2, 0.25) is 0 Å². The molecule has 0 aliphatic rings. The van der Waals surface area contributed by atoms with Crippen LogP contribution in [0.25, 0.3) is 0 Å². The maximum Gasteiger partial charge on any atom is 0.338 e. The number of carboxylic acid groups (broad SMARTS) is 1. The van der Waals surface area contributed by atoms with Crippen molar-refractivity contribution < 1.29 is 23.4 Å². The van der Waals surface area contributed by atoms with Gasteiger partial charge < -0.3 is 15.2 Å². The third-order valence-corrected chi connectivity index (χ3v) is 2.74. The standard InChI is InChI=1S/C14H19F2NO3/c1-2-3-8-20-9-4-7-17-11-6-5-10(14(18)19)12(15)13(11)16/h5-6,17H,2-4,7-9H2,1H3,(H,18,19). The number of unbranched alkanes of at least 4 members (excludes halogenated alkanes) is 1. The number of carbonyl (C=O) groups is 1. The van der Waals surface area contributed by atoms with E-state index in [9.17, 15) is 13.6 Å². The van der Waals surface area contributed by atoms with E-state index in [0.717, 1.165) is 18.9 Å². The maximum absolute atomic E-state index is 13.6. The SMILES string of the molecule is CCCCOCCCNc1ccc(C(=O)O)c(F)c1F. The van der Waals surface area contributed by atoms with Crippen LogP contribution in [-0.2, 0) is 4.74 Å². The predicted octanol–water partition coefficient (Wildman–Crippen LogP) is 3.28. The summed E-state index contributed by atoms with van der Waals surface area (Å²) in [5.41, 5.74) is -0.711. The summed E-state index contributed by atoms with van der Waals surface area (Å²) in [6.45, 7) is 3.75. The molecule has 0 aliphatic carbocycles. The van der Waals surface area contributed by atoms with Crippen molar-refractivity contribution in [1.29, 1.82) is 0 Å². The first-order valence-corrected chi connectivity index (χ1v) is 6.60. The zero-order chi connectivity index (χ0) is 15.0. The highest BCUT2D eigenvalue weighted by atomic mass is 19.2. The van der Waals surface area contributed by atoms with Crippen LogP contribution in [-0.4, -0.2) is 30.8 Å². The molecular weight excluding hydrogens is 268 g/mol. The number of anilines is 1. The van der Waals surface area contributed by atoms with E-state index in [1.807, 2.05) is 0 Å². The first-order valence-electron chi connectivity index (χ1n) is 6.60. The molecule has 0 fully saturated rings.